The molecule has 0 bridgehead atoms. The molecule has 4 rings (SSSR count). The van der Waals surface area contributed by atoms with E-state index in [9.17, 15) is 13.2 Å². The Hall–Kier alpha value is -2.30. The molecule has 10 heteroatoms. The van der Waals surface area contributed by atoms with E-state index in [1.165, 1.54) is 16.4 Å². The molecule has 0 unspecified atom stereocenters. The van der Waals surface area contributed by atoms with Crippen LogP contribution < -0.4 is 0 Å². The molecule has 2 fully saturated rings. The van der Waals surface area contributed by atoms with Crippen molar-refractivity contribution in [2.75, 3.05) is 39.4 Å². The smallest absolute Gasteiger partial charge is 0.253 e. The number of aromatic nitrogens is 3. The number of ether oxygens (including phenoxy) is 1. The fourth-order valence-electron chi connectivity index (χ4n) is 3.42. The number of hydrogen-bond donors (Lipinski definition) is 0. The molecular formula is C17H21N5O4S. The molecule has 2 aromatic rings. The minimum absolute atomic E-state index is 0.0740. The first-order valence-electron chi connectivity index (χ1n) is 8.89. The molecule has 2 aliphatic rings. The third kappa shape index (κ3) is 3.60. The molecule has 0 saturated carbocycles. The Morgan fingerprint density at radius 3 is 2.37 bits per heavy atom. The van der Waals surface area contributed by atoms with Crippen molar-refractivity contribution in [2.45, 2.75) is 17.4 Å². The molecule has 0 N–H and O–H groups in total. The van der Waals surface area contributed by atoms with Crippen LogP contribution in [0.25, 0.3) is 0 Å². The monoisotopic (exact) mass is 391 g/mol. The summed E-state index contributed by atoms with van der Waals surface area (Å²) in [7, 11) is -3.55. The summed E-state index contributed by atoms with van der Waals surface area (Å²) in [6, 6.07) is 6.23. The maximum Gasteiger partial charge on any atom is 0.253 e. The Balaban J connectivity index is 1.45. The van der Waals surface area contributed by atoms with Gasteiger partial charge in [-0.05, 0) is 30.7 Å². The fraction of sp³-hybridized carbons (Fsp3) is 0.471. The van der Waals surface area contributed by atoms with Gasteiger partial charge in [0.2, 0.25) is 10.0 Å². The number of nitrogens with zero attached hydrogens (tertiary/aromatic N) is 5. The second kappa shape index (κ2) is 7.37. The summed E-state index contributed by atoms with van der Waals surface area (Å²) in [6.45, 7) is 2.66. The van der Waals surface area contributed by atoms with E-state index in [0.29, 0.717) is 45.0 Å². The summed E-state index contributed by atoms with van der Waals surface area (Å²) in [5.74, 6) is -0.111. The van der Waals surface area contributed by atoms with Crippen LogP contribution in [0.1, 0.15) is 22.8 Å². The first-order chi connectivity index (χ1) is 13.1. The zero-order chi connectivity index (χ0) is 18.9. The molecule has 2 aliphatic heterocycles. The quantitative estimate of drug-likeness (QED) is 0.748. The number of hydrogen-bond acceptors (Lipinski definition) is 6. The molecule has 1 amide bonds. The van der Waals surface area contributed by atoms with Crippen molar-refractivity contribution < 1.29 is 17.9 Å². The number of carbonyl (C=O) groups excluding carboxylic acids is 1. The van der Waals surface area contributed by atoms with Crippen molar-refractivity contribution in [3.8, 4) is 0 Å². The Bertz CT molecular complexity index is 892. The number of rotatable bonds is 4. The summed E-state index contributed by atoms with van der Waals surface area (Å²) in [4.78, 5) is 16.3. The Morgan fingerprint density at radius 1 is 1.04 bits per heavy atom. The minimum atomic E-state index is -3.55. The van der Waals surface area contributed by atoms with Gasteiger partial charge in [-0.15, -0.1) is 0 Å². The van der Waals surface area contributed by atoms with Crippen molar-refractivity contribution in [2.24, 2.45) is 0 Å². The zero-order valence-electron chi connectivity index (χ0n) is 14.8. The second-order valence-corrected chi connectivity index (χ2v) is 8.52. The molecule has 0 radical (unpaired) electrons. The summed E-state index contributed by atoms with van der Waals surface area (Å²) < 4.78 is 31.9. The van der Waals surface area contributed by atoms with Gasteiger partial charge < -0.3 is 9.64 Å². The number of amides is 1. The highest BCUT2D eigenvalue weighted by Gasteiger charge is 2.30. The van der Waals surface area contributed by atoms with Gasteiger partial charge in [0.1, 0.15) is 0 Å². The van der Waals surface area contributed by atoms with Gasteiger partial charge in [0, 0.05) is 31.7 Å². The molecule has 1 aromatic heterocycles. The highest BCUT2D eigenvalue weighted by molar-refractivity contribution is 7.89. The van der Waals surface area contributed by atoms with Crippen molar-refractivity contribution in [3.05, 3.63) is 42.2 Å². The predicted octanol–water partition coefficient (Wildman–Crippen LogP) is 0.386. The Labute approximate surface area is 157 Å². The minimum Gasteiger partial charge on any atom is -0.379 e. The van der Waals surface area contributed by atoms with Crippen LogP contribution in [0.4, 0.5) is 0 Å². The SMILES string of the molecule is O=C(c1ccc(S(=O)(=O)N2CCOCC2)cc1)N1CC[C@H](n2nccn2)C1. The van der Waals surface area contributed by atoms with Gasteiger partial charge in [-0.25, -0.2) is 8.42 Å². The number of morpholine rings is 1. The van der Waals surface area contributed by atoms with Crippen molar-refractivity contribution in [1.29, 1.82) is 0 Å². The maximum absolute atomic E-state index is 12.7. The number of likely N-dealkylation sites (tertiary alicyclic amines) is 1. The third-order valence-corrected chi connectivity index (χ3v) is 6.84. The fourth-order valence-corrected chi connectivity index (χ4v) is 4.83. The van der Waals surface area contributed by atoms with Crippen LogP contribution in [0, 0.1) is 0 Å². The summed E-state index contributed by atoms with van der Waals surface area (Å²) in [5.41, 5.74) is 0.477. The molecule has 3 heterocycles. The first kappa shape index (κ1) is 18.1. The topological polar surface area (TPSA) is 97.6 Å². The molecule has 9 nitrogen and oxygen atoms in total. The molecular weight excluding hydrogens is 370 g/mol. The molecule has 1 atom stereocenters. The van der Waals surface area contributed by atoms with Crippen molar-refractivity contribution >= 4 is 15.9 Å². The van der Waals surface area contributed by atoms with Crippen LogP contribution >= 0.6 is 0 Å². The zero-order valence-corrected chi connectivity index (χ0v) is 15.6. The molecule has 144 valence electrons. The molecule has 2 saturated heterocycles. The van der Waals surface area contributed by atoms with Crippen LogP contribution in [0.3, 0.4) is 0 Å². The van der Waals surface area contributed by atoms with E-state index in [1.54, 1.807) is 34.2 Å². The van der Waals surface area contributed by atoms with E-state index in [-0.39, 0.29) is 16.8 Å². The van der Waals surface area contributed by atoms with Crippen molar-refractivity contribution in [1.82, 2.24) is 24.2 Å². The van der Waals surface area contributed by atoms with E-state index in [1.807, 2.05) is 0 Å². The standard InChI is InChI=1S/C17H21N5O4S/c23-17(20-8-5-15(13-20)22-18-6-7-19-22)14-1-3-16(4-2-14)27(24,25)21-9-11-26-12-10-21/h1-4,6-7,15H,5,8-13H2/t15-/m0/s1. The van der Waals surface area contributed by atoms with Crippen LogP contribution in [-0.2, 0) is 14.8 Å². The summed E-state index contributed by atoms with van der Waals surface area (Å²) in [6.07, 6.45) is 4.04. The van der Waals surface area contributed by atoms with Gasteiger partial charge in [-0.1, -0.05) is 0 Å². The third-order valence-electron chi connectivity index (χ3n) is 4.92. The van der Waals surface area contributed by atoms with Crippen molar-refractivity contribution in [3.63, 3.8) is 0 Å². The van der Waals surface area contributed by atoms with E-state index in [0.717, 1.165) is 6.42 Å². The van der Waals surface area contributed by atoms with Gasteiger partial charge in [-0.2, -0.15) is 19.3 Å². The van der Waals surface area contributed by atoms with Gasteiger partial charge in [0.05, 0.1) is 36.5 Å². The van der Waals surface area contributed by atoms with Gasteiger partial charge >= 0.3 is 0 Å². The lowest BCUT2D eigenvalue weighted by atomic mass is 10.2. The molecule has 0 spiro atoms. The lowest BCUT2D eigenvalue weighted by molar-refractivity contribution is 0.0730. The van der Waals surface area contributed by atoms with Gasteiger partial charge in [0.15, 0.2) is 0 Å². The van der Waals surface area contributed by atoms with Gasteiger partial charge in [-0.3, -0.25) is 4.79 Å². The Morgan fingerprint density at radius 2 is 1.70 bits per heavy atom. The number of benzene rings is 1. The lowest BCUT2D eigenvalue weighted by Crippen LogP contribution is -2.40. The van der Waals surface area contributed by atoms with E-state index < -0.39 is 10.0 Å². The van der Waals surface area contributed by atoms with E-state index >= 15 is 0 Å². The van der Waals surface area contributed by atoms with Crippen LogP contribution in [0.15, 0.2) is 41.6 Å². The number of sulfonamides is 1. The van der Waals surface area contributed by atoms with Crippen LogP contribution in [-0.4, -0.2) is 77.9 Å². The largest absolute Gasteiger partial charge is 0.379 e. The normalized spacial score (nSPS) is 21.5. The van der Waals surface area contributed by atoms with Gasteiger partial charge in [0.25, 0.3) is 5.91 Å². The second-order valence-electron chi connectivity index (χ2n) is 6.58. The molecule has 0 aliphatic carbocycles. The van der Waals surface area contributed by atoms with Crippen LogP contribution in [0.5, 0.6) is 0 Å². The summed E-state index contributed by atoms with van der Waals surface area (Å²) >= 11 is 0. The highest BCUT2D eigenvalue weighted by Crippen LogP contribution is 2.23. The first-order valence-corrected chi connectivity index (χ1v) is 10.3. The molecule has 1 aromatic carbocycles. The maximum atomic E-state index is 12.7. The van der Waals surface area contributed by atoms with E-state index in [4.69, 9.17) is 4.74 Å². The molecule has 27 heavy (non-hydrogen) atoms. The predicted molar refractivity (Wildman–Crippen MR) is 95.6 cm³/mol. The average Bonchev–Trinajstić information content (AvgIpc) is 3.40. The Kier molecular flexibility index (Phi) is 4.94. The summed E-state index contributed by atoms with van der Waals surface area (Å²) in [5, 5.41) is 8.27. The number of carbonyl (C=O) groups is 1. The highest BCUT2D eigenvalue weighted by atomic mass is 32.2. The average molecular weight is 391 g/mol. The van der Waals surface area contributed by atoms with E-state index in [2.05, 4.69) is 10.2 Å². The lowest BCUT2D eigenvalue weighted by Gasteiger charge is -2.26. The van der Waals surface area contributed by atoms with Crippen LogP contribution in [0.2, 0.25) is 0 Å².